The number of hydrogen-bond donors (Lipinski definition) is 1. The molecule has 104 valence electrons. The molecule has 0 saturated carbocycles. The summed E-state index contributed by atoms with van der Waals surface area (Å²) in [5.41, 5.74) is 1.47. The Morgan fingerprint density at radius 3 is 2.10 bits per heavy atom. The highest BCUT2D eigenvalue weighted by Crippen LogP contribution is 2.28. The molecule has 0 amide bonds. The summed E-state index contributed by atoms with van der Waals surface area (Å²) in [6.07, 6.45) is 0.806. The fraction of sp³-hybridized carbons (Fsp3) is 0.278. The van der Waals surface area contributed by atoms with Crippen molar-refractivity contribution in [3.63, 3.8) is 0 Å². The second kappa shape index (κ2) is 7.01. The summed E-state index contributed by atoms with van der Waals surface area (Å²) in [5.74, 6) is -0.367. The van der Waals surface area contributed by atoms with E-state index in [9.17, 15) is 9.90 Å². The lowest BCUT2D eigenvalue weighted by atomic mass is 9.85. The van der Waals surface area contributed by atoms with Crippen LogP contribution in [0.25, 0.3) is 0 Å². The molecule has 2 unspecified atom stereocenters. The highest BCUT2D eigenvalue weighted by atomic mass is 16.3. The third-order valence-corrected chi connectivity index (χ3v) is 3.52. The summed E-state index contributed by atoms with van der Waals surface area (Å²) in [4.78, 5) is 12.6. The van der Waals surface area contributed by atoms with E-state index in [0.29, 0.717) is 12.0 Å². The van der Waals surface area contributed by atoms with Crippen LogP contribution >= 0.6 is 0 Å². The highest BCUT2D eigenvalue weighted by Gasteiger charge is 2.27. The molecule has 2 heteroatoms. The van der Waals surface area contributed by atoms with Crippen LogP contribution in [0.4, 0.5) is 0 Å². The van der Waals surface area contributed by atoms with Crippen LogP contribution < -0.4 is 0 Å². The zero-order valence-corrected chi connectivity index (χ0v) is 11.7. The average molecular weight is 268 g/mol. The predicted octanol–water partition coefficient (Wildman–Crippen LogP) is 4.02. The lowest BCUT2D eigenvalue weighted by Gasteiger charge is -2.22. The number of carbonyl (C=O) groups excluding carboxylic acids is 1. The van der Waals surface area contributed by atoms with Gasteiger partial charge in [-0.2, -0.15) is 0 Å². The number of rotatable bonds is 6. The molecule has 0 aliphatic rings. The lowest BCUT2D eigenvalue weighted by Crippen LogP contribution is -2.22. The average Bonchev–Trinajstić information content (AvgIpc) is 2.53. The van der Waals surface area contributed by atoms with Crippen LogP contribution in [0.5, 0.6) is 0 Å². The Kier molecular flexibility index (Phi) is 5.08. The summed E-state index contributed by atoms with van der Waals surface area (Å²) in [7, 11) is 0. The Balaban J connectivity index is 2.25. The molecule has 1 N–H and O–H groups in total. The van der Waals surface area contributed by atoms with E-state index < -0.39 is 6.10 Å². The van der Waals surface area contributed by atoms with Gasteiger partial charge in [0, 0.05) is 5.56 Å². The van der Waals surface area contributed by atoms with E-state index in [4.69, 9.17) is 0 Å². The van der Waals surface area contributed by atoms with Crippen molar-refractivity contribution in [1.29, 1.82) is 0 Å². The lowest BCUT2D eigenvalue weighted by molar-refractivity contribution is 0.0654. The van der Waals surface area contributed by atoms with E-state index in [0.717, 1.165) is 12.0 Å². The minimum Gasteiger partial charge on any atom is -0.388 e. The fourth-order valence-corrected chi connectivity index (χ4v) is 2.44. The molecule has 2 aromatic rings. The van der Waals surface area contributed by atoms with Crippen molar-refractivity contribution < 1.29 is 9.90 Å². The minimum absolute atomic E-state index is 0.0174. The smallest absolute Gasteiger partial charge is 0.168 e. The van der Waals surface area contributed by atoms with Crippen LogP contribution in [0, 0.1) is 5.92 Å². The van der Waals surface area contributed by atoms with E-state index >= 15 is 0 Å². The molecule has 2 aromatic carbocycles. The molecule has 0 saturated heterocycles. The number of Topliss-reactive ketones (excluding diaryl/α,β-unsaturated/α-hetero) is 1. The minimum atomic E-state index is -0.746. The van der Waals surface area contributed by atoms with Gasteiger partial charge in [-0.1, -0.05) is 74.0 Å². The molecule has 0 radical (unpaired) electrons. The monoisotopic (exact) mass is 268 g/mol. The number of aliphatic hydroxyl groups is 1. The zero-order chi connectivity index (χ0) is 14.4. The van der Waals surface area contributed by atoms with Gasteiger partial charge in [-0.05, 0) is 12.0 Å². The summed E-state index contributed by atoms with van der Waals surface area (Å²) in [6.45, 7) is 2.03. The van der Waals surface area contributed by atoms with Crippen LogP contribution in [0.2, 0.25) is 0 Å². The van der Waals surface area contributed by atoms with Crippen molar-refractivity contribution in [2.75, 3.05) is 0 Å². The molecule has 0 spiro atoms. The van der Waals surface area contributed by atoms with Crippen LogP contribution in [0.1, 0.15) is 41.8 Å². The first kappa shape index (κ1) is 14.5. The van der Waals surface area contributed by atoms with E-state index in [1.54, 1.807) is 0 Å². The maximum Gasteiger partial charge on any atom is 0.168 e. The molecule has 20 heavy (non-hydrogen) atoms. The van der Waals surface area contributed by atoms with Crippen LogP contribution in [0.3, 0.4) is 0 Å². The number of carbonyl (C=O) groups is 1. The van der Waals surface area contributed by atoms with Crippen molar-refractivity contribution >= 4 is 5.78 Å². The van der Waals surface area contributed by atoms with Gasteiger partial charge in [0.25, 0.3) is 0 Å². The van der Waals surface area contributed by atoms with E-state index in [-0.39, 0.29) is 11.7 Å². The van der Waals surface area contributed by atoms with Crippen LogP contribution in [0.15, 0.2) is 60.7 Å². The fourth-order valence-electron chi connectivity index (χ4n) is 2.44. The number of benzene rings is 2. The van der Waals surface area contributed by atoms with Crippen molar-refractivity contribution in [3.05, 3.63) is 71.8 Å². The highest BCUT2D eigenvalue weighted by molar-refractivity contribution is 5.98. The van der Waals surface area contributed by atoms with Gasteiger partial charge in [0.15, 0.2) is 5.78 Å². The van der Waals surface area contributed by atoms with E-state index in [1.807, 2.05) is 67.6 Å². The van der Waals surface area contributed by atoms with Gasteiger partial charge in [-0.25, -0.2) is 0 Å². The first-order valence-electron chi connectivity index (χ1n) is 7.06. The van der Waals surface area contributed by atoms with Crippen molar-refractivity contribution in [2.24, 2.45) is 5.92 Å². The van der Waals surface area contributed by atoms with Gasteiger partial charge >= 0.3 is 0 Å². The van der Waals surface area contributed by atoms with Gasteiger partial charge in [-0.15, -0.1) is 0 Å². The molecule has 2 nitrogen and oxygen atoms in total. The van der Waals surface area contributed by atoms with Crippen molar-refractivity contribution in [3.8, 4) is 0 Å². The molecule has 0 heterocycles. The first-order chi connectivity index (χ1) is 9.74. The second-order valence-electron chi connectivity index (χ2n) is 4.98. The standard InChI is InChI=1S/C18H20O2/c1-2-9-16(17(19)14-10-5-3-6-11-14)18(20)15-12-7-4-8-13-15/h3-8,10-13,16-17,19H,2,9H2,1H3. The van der Waals surface area contributed by atoms with Gasteiger partial charge in [-0.3, -0.25) is 4.79 Å². The SMILES string of the molecule is CCCC(C(=O)c1ccccc1)C(O)c1ccccc1. The van der Waals surface area contributed by atoms with E-state index in [1.165, 1.54) is 0 Å². The van der Waals surface area contributed by atoms with Gasteiger partial charge < -0.3 is 5.11 Å². The third kappa shape index (κ3) is 3.34. The maximum atomic E-state index is 12.6. The Bertz CT molecular complexity index is 534. The normalized spacial score (nSPS) is 13.7. The topological polar surface area (TPSA) is 37.3 Å². The molecule has 2 rings (SSSR count). The molecule has 0 fully saturated rings. The first-order valence-corrected chi connectivity index (χ1v) is 7.06. The van der Waals surface area contributed by atoms with Crippen molar-refractivity contribution in [2.45, 2.75) is 25.9 Å². The van der Waals surface area contributed by atoms with Gasteiger partial charge in [0.05, 0.1) is 12.0 Å². The largest absolute Gasteiger partial charge is 0.388 e. The number of hydrogen-bond acceptors (Lipinski definition) is 2. The molecule has 2 atom stereocenters. The zero-order valence-electron chi connectivity index (χ0n) is 11.7. The summed E-state index contributed by atoms with van der Waals surface area (Å²) in [5, 5.41) is 10.5. The van der Waals surface area contributed by atoms with Gasteiger partial charge in [0.2, 0.25) is 0 Å². The molecule has 0 aromatic heterocycles. The summed E-state index contributed by atoms with van der Waals surface area (Å²) < 4.78 is 0. The Morgan fingerprint density at radius 2 is 1.55 bits per heavy atom. The summed E-state index contributed by atoms with van der Waals surface area (Å²) in [6, 6.07) is 18.6. The Morgan fingerprint density at radius 1 is 1.00 bits per heavy atom. The van der Waals surface area contributed by atoms with Crippen molar-refractivity contribution in [1.82, 2.24) is 0 Å². The number of aliphatic hydroxyl groups excluding tert-OH is 1. The second-order valence-corrected chi connectivity index (χ2v) is 4.98. The predicted molar refractivity (Wildman–Crippen MR) is 80.6 cm³/mol. The molecular formula is C18H20O2. The molecular weight excluding hydrogens is 248 g/mol. The van der Waals surface area contributed by atoms with E-state index in [2.05, 4.69) is 0 Å². The summed E-state index contributed by atoms with van der Waals surface area (Å²) >= 11 is 0. The molecule has 0 aliphatic heterocycles. The molecule has 0 aliphatic carbocycles. The Labute approximate surface area is 120 Å². The molecule has 0 bridgehead atoms. The quantitative estimate of drug-likeness (QED) is 0.803. The van der Waals surface area contributed by atoms with Crippen LogP contribution in [-0.2, 0) is 0 Å². The maximum absolute atomic E-state index is 12.6. The number of ketones is 1. The Hall–Kier alpha value is -1.93. The van der Waals surface area contributed by atoms with Gasteiger partial charge in [0.1, 0.15) is 0 Å². The van der Waals surface area contributed by atoms with Crippen LogP contribution in [-0.4, -0.2) is 10.9 Å². The third-order valence-electron chi connectivity index (χ3n) is 3.52.